The Morgan fingerprint density at radius 1 is 0.882 bits per heavy atom. The molecule has 4 N–H and O–H groups in total. The lowest BCUT2D eigenvalue weighted by molar-refractivity contribution is 0.205. The van der Waals surface area contributed by atoms with Gasteiger partial charge in [0.05, 0.1) is 0 Å². The Morgan fingerprint density at radius 2 is 1.18 bits per heavy atom. The monoisotopic (exact) mass is 242 g/mol. The predicted octanol–water partition coefficient (Wildman–Crippen LogP) is 2.86. The summed E-state index contributed by atoms with van der Waals surface area (Å²) < 4.78 is 0. The number of nitrogens with two attached hydrogens (primary N) is 1. The van der Waals surface area contributed by atoms with Gasteiger partial charge in [0.15, 0.2) is 0 Å². The van der Waals surface area contributed by atoms with E-state index in [9.17, 15) is 0 Å². The molecule has 2 rings (SSSR count). The van der Waals surface area contributed by atoms with Crippen LogP contribution in [-0.4, -0.2) is 23.3 Å². The summed E-state index contributed by atoms with van der Waals surface area (Å²) in [5, 5.41) is 11.1. The highest BCUT2D eigenvalue weighted by molar-refractivity contribution is 5.61. The molecule has 4 nitrogen and oxygen atoms in total. The maximum Gasteiger partial charge on any atom is 0.402 e. The highest BCUT2D eigenvalue weighted by Crippen LogP contribution is 2.22. The summed E-state index contributed by atoms with van der Waals surface area (Å²) in [6.45, 7) is 0. The molecule has 1 amide bonds. The molecule has 0 bridgehead atoms. The highest BCUT2D eigenvalue weighted by atomic mass is 16.4. The molecule has 2 fully saturated rings. The molecule has 2 aliphatic carbocycles. The van der Waals surface area contributed by atoms with Crippen molar-refractivity contribution in [2.75, 3.05) is 0 Å². The lowest BCUT2D eigenvalue weighted by atomic mass is 9.91. The second kappa shape index (κ2) is 8.34. The van der Waals surface area contributed by atoms with Crippen molar-refractivity contribution in [1.82, 2.24) is 5.32 Å². The van der Waals surface area contributed by atoms with Gasteiger partial charge in [-0.1, -0.05) is 38.5 Å². The molecular weight excluding hydrogens is 216 g/mol. The fourth-order valence-electron chi connectivity index (χ4n) is 2.87. The number of amides is 1. The minimum Gasteiger partial charge on any atom is -0.465 e. The van der Waals surface area contributed by atoms with Crippen molar-refractivity contribution in [3.8, 4) is 0 Å². The van der Waals surface area contributed by atoms with E-state index in [-0.39, 0.29) is 0 Å². The Labute approximate surface area is 104 Å². The Balaban J connectivity index is 0.000000317. The number of rotatable bonds is 2. The van der Waals surface area contributed by atoms with E-state index in [4.69, 9.17) is 9.90 Å². The van der Waals surface area contributed by atoms with E-state index in [1.54, 1.807) is 0 Å². The molecular formula is C13H26N2O2. The van der Waals surface area contributed by atoms with Gasteiger partial charge >= 0.3 is 6.09 Å². The van der Waals surface area contributed by atoms with E-state index in [0.29, 0.717) is 0 Å². The Bertz CT molecular complexity index is 189. The summed E-state index contributed by atoms with van der Waals surface area (Å²) in [5.74, 6) is 0. The quantitative estimate of drug-likeness (QED) is 0.697. The third-order valence-electron chi connectivity index (χ3n) is 3.68. The van der Waals surface area contributed by atoms with Gasteiger partial charge in [-0.15, -0.1) is 0 Å². The summed E-state index contributed by atoms with van der Waals surface area (Å²) in [5.41, 5.74) is 4.03. The molecule has 0 aromatic rings. The highest BCUT2D eigenvalue weighted by Gasteiger charge is 2.19. The van der Waals surface area contributed by atoms with Gasteiger partial charge in [0.25, 0.3) is 0 Å². The molecule has 4 heteroatoms. The first kappa shape index (κ1) is 14.3. The van der Waals surface area contributed by atoms with Crippen LogP contribution in [0.3, 0.4) is 0 Å². The predicted molar refractivity (Wildman–Crippen MR) is 69.1 cm³/mol. The molecule has 100 valence electrons. The Hall–Kier alpha value is -0.770. The average Bonchev–Trinajstić information content (AvgIpc) is 2.31. The van der Waals surface area contributed by atoms with Crippen LogP contribution in [0.5, 0.6) is 0 Å². The first-order valence-electron chi connectivity index (χ1n) is 6.93. The van der Waals surface area contributed by atoms with Gasteiger partial charge in [0.2, 0.25) is 0 Å². The fourth-order valence-corrected chi connectivity index (χ4v) is 2.87. The summed E-state index contributed by atoms with van der Waals surface area (Å²) >= 11 is 0. The van der Waals surface area contributed by atoms with Gasteiger partial charge < -0.3 is 16.2 Å². The van der Waals surface area contributed by atoms with Crippen LogP contribution < -0.4 is 11.1 Å². The van der Waals surface area contributed by atoms with Crippen LogP contribution in [0.15, 0.2) is 0 Å². The first-order valence-corrected chi connectivity index (χ1v) is 6.93. The van der Waals surface area contributed by atoms with E-state index in [1.165, 1.54) is 64.2 Å². The van der Waals surface area contributed by atoms with Crippen LogP contribution >= 0.6 is 0 Å². The lowest BCUT2D eigenvalue weighted by Crippen LogP contribution is -2.40. The minimum atomic E-state index is -1.33. The van der Waals surface area contributed by atoms with Gasteiger partial charge in [0, 0.05) is 12.1 Å². The van der Waals surface area contributed by atoms with E-state index < -0.39 is 6.09 Å². The van der Waals surface area contributed by atoms with Crippen molar-refractivity contribution >= 4 is 6.09 Å². The van der Waals surface area contributed by atoms with Crippen molar-refractivity contribution in [3.63, 3.8) is 0 Å². The fraction of sp³-hybridized carbons (Fsp3) is 0.923. The Kier molecular flexibility index (Phi) is 7.01. The van der Waals surface area contributed by atoms with Gasteiger partial charge in [-0.2, -0.15) is 0 Å². The van der Waals surface area contributed by atoms with Crippen molar-refractivity contribution in [1.29, 1.82) is 0 Å². The number of nitrogens with one attached hydrogen (secondary N) is 1. The molecule has 0 unspecified atom stereocenters. The number of hydrogen-bond donors (Lipinski definition) is 3. The van der Waals surface area contributed by atoms with Crippen LogP contribution in [0.4, 0.5) is 4.79 Å². The summed E-state index contributed by atoms with van der Waals surface area (Å²) in [4.78, 5) is 8.78. The van der Waals surface area contributed by atoms with Crippen LogP contribution in [0.25, 0.3) is 0 Å². The number of carboxylic acid groups (broad SMARTS) is 1. The van der Waals surface area contributed by atoms with Crippen molar-refractivity contribution in [2.45, 2.75) is 76.3 Å². The number of primary amides is 1. The Morgan fingerprint density at radius 3 is 1.47 bits per heavy atom. The summed E-state index contributed by atoms with van der Waals surface area (Å²) in [6.07, 6.45) is 13.2. The lowest BCUT2D eigenvalue weighted by Gasteiger charge is -2.30. The SMILES string of the molecule is C1CCC(NC2CCCCC2)CC1.NC(=O)O. The van der Waals surface area contributed by atoms with Crippen LogP contribution in [0, 0.1) is 0 Å². The van der Waals surface area contributed by atoms with Crippen molar-refractivity contribution in [2.24, 2.45) is 5.73 Å². The number of carbonyl (C=O) groups is 1. The second-order valence-corrected chi connectivity index (χ2v) is 5.17. The molecule has 0 heterocycles. The van der Waals surface area contributed by atoms with Crippen molar-refractivity contribution in [3.05, 3.63) is 0 Å². The molecule has 2 aliphatic rings. The maximum absolute atomic E-state index is 8.78. The van der Waals surface area contributed by atoms with Gasteiger partial charge in [-0.05, 0) is 25.7 Å². The van der Waals surface area contributed by atoms with Crippen molar-refractivity contribution < 1.29 is 9.90 Å². The summed E-state index contributed by atoms with van der Waals surface area (Å²) in [7, 11) is 0. The molecule has 0 atom stereocenters. The summed E-state index contributed by atoms with van der Waals surface area (Å²) in [6, 6.07) is 1.74. The number of hydrogen-bond acceptors (Lipinski definition) is 2. The minimum absolute atomic E-state index is 0.872. The zero-order valence-corrected chi connectivity index (χ0v) is 10.7. The van der Waals surface area contributed by atoms with E-state index in [1.807, 2.05) is 0 Å². The zero-order chi connectivity index (χ0) is 12.5. The molecule has 0 aromatic carbocycles. The maximum atomic E-state index is 8.78. The van der Waals surface area contributed by atoms with Gasteiger partial charge in [0.1, 0.15) is 0 Å². The molecule has 0 aliphatic heterocycles. The molecule has 17 heavy (non-hydrogen) atoms. The van der Waals surface area contributed by atoms with E-state index >= 15 is 0 Å². The van der Waals surface area contributed by atoms with E-state index in [0.717, 1.165) is 12.1 Å². The smallest absolute Gasteiger partial charge is 0.402 e. The third kappa shape index (κ3) is 7.21. The first-order chi connectivity index (χ1) is 8.18. The van der Waals surface area contributed by atoms with Crippen LogP contribution in [0.2, 0.25) is 0 Å². The van der Waals surface area contributed by atoms with Gasteiger partial charge in [-0.3, -0.25) is 0 Å². The zero-order valence-electron chi connectivity index (χ0n) is 10.7. The molecule has 0 radical (unpaired) electrons. The largest absolute Gasteiger partial charge is 0.465 e. The average molecular weight is 242 g/mol. The van der Waals surface area contributed by atoms with E-state index in [2.05, 4.69) is 11.1 Å². The third-order valence-corrected chi connectivity index (χ3v) is 3.68. The molecule has 2 saturated carbocycles. The molecule has 0 saturated heterocycles. The van der Waals surface area contributed by atoms with Crippen LogP contribution in [-0.2, 0) is 0 Å². The van der Waals surface area contributed by atoms with Crippen LogP contribution in [0.1, 0.15) is 64.2 Å². The van der Waals surface area contributed by atoms with Gasteiger partial charge in [-0.25, -0.2) is 4.79 Å². The molecule has 0 aromatic heterocycles. The standard InChI is InChI=1S/C12H23N.CH3NO2/c1-3-7-11(8-4-1)13-12-9-5-2-6-10-12;2-1(3)4/h11-13H,1-10H2;2H2,(H,3,4). The molecule has 0 spiro atoms. The normalized spacial score (nSPS) is 22.6. The second-order valence-electron chi connectivity index (χ2n) is 5.17. The topological polar surface area (TPSA) is 75.3 Å².